The third-order valence-corrected chi connectivity index (χ3v) is 2.19. The van der Waals surface area contributed by atoms with Crippen LogP contribution < -0.4 is 0 Å². The second kappa shape index (κ2) is 4.41. The van der Waals surface area contributed by atoms with Crippen LogP contribution in [0.1, 0.15) is 11.6 Å². The van der Waals surface area contributed by atoms with Crippen molar-refractivity contribution in [3.05, 3.63) is 34.6 Å². The summed E-state index contributed by atoms with van der Waals surface area (Å²) in [7, 11) is 3.57. The lowest BCUT2D eigenvalue weighted by molar-refractivity contribution is 0.358. The van der Waals surface area contributed by atoms with Gasteiger partial charge in [-0.3, -0.25) is 4.90 Å². The van der Waals surface area contributed by atoms with Crippen LogP contribution in [0, 0.1) is 17.1 Å². The van der Waals surface area contributed by atoms with Crippen molar-refractivity contribution in [2.75, 3.05) is 14.1 Å². The molecule has 4 heteroatoms. The van der Waals surface area contributed by atoms with E-state index >= 15 is 0 Å². The molecule has 0 aliphatic heterocycles. The van der Waals surface area contributed by atoms with Crippen LogP contribution in [0.4, 0.5) is 4.39 Å². The molecule has 1 aromatic rings. The van der Waals surface area contributed by atoms with Gasteiger partial charge in [-0.1, -0.05) is 17.7 Å². The minimum absolute atomic E-state index is 0.0459. The lowest BCUT2D eigenvalue weighted by atomic mass is 10.1. The molecular formula is C10H10ClFN2. The average molecular weight is 213 g/mol. The van der Waals surface area contributed by atoms with Crippen LogP contribution >= 0.6 is 11.6 Å². The molecule has 0 heterocycles. The molecule has 0 saturated carbocycles. The minimum atomic E-state index is -0.467. The first-order valence-electron chi connectivity index (χ1n) is 4.07. The van der Waals surface area contributed by atoms with Crippen LogP contribution in [0.25, 0.3) is 0 Å². The number of benzene rings is 1. The van der Waals surface area contributed by atoms with E-state index < -0.39 is 11.9 Å². The Morgan fingerprint density at radius 2 is 2.14 bits per heavy atom. The lowest BCUT2D eigenvalue weighted by Crippen LogP contribution is -2.18. The van der Waals surface area contributed by atoms with Crippen molar-refractivity contribution < 1.29 is 4.39 Å². The van der Waals surface area contributed by atoms with Crippen LogP contribution in [-0.2, 0) is 0 Å². The van der Waals surface area contributed by atoms with Gasteiger partial charge < -0.3 is 0 Å². The second-order valence-corrected chi connectivity index (χ2v) is 3.58. The molecule has 0 N–H and O–H groups in total. The first kappa shape index (κ1) is 11.0. The zero-order chi connectivity index (χ0) is 10.7. The molecular weight excluding hydrogens is 203 g/mol. The van der Waals surface area contributed by atoms with E-state index in [1.165, 1.54) is 12.1 Å². The Morgan fingerprint density at radius 1 is 1.50 bits per heavy atom. The van der Waals surface area contributed by atoms with E-state index in [0.29, 0.717) is 5.56 Å². The summed E-state index contributed by atoms with van der Waals surface area (Å²) in [6, 6.07) is 6.02. The molecule has 1 atom stereocenters. The van der Waals surface area contributed by atoms with Crippen molar-refractivity contribution >= 4 is 11.6 Å². The fraction of sp³-hybridized carbons (Fsp3) is 0.300. The summed E-state index contributed by atoms with van der Waals surface area (Å²) in [5.41, 5.74) is 0.698. The zero-order valence-electron chi connectivity index (χ0n) is 7.96. The number of nitriles is 1. The highest BCUT2D eigenvalue weighted by molar-refractivity contribution is 6.30. The van der Waals surface area contributed by atoms with Gasteiger partial charge >= 0.3 is 0 Å². The highest BCUT2D eigenvalue weighted by atomic mass is 35.5. The smallest absolute Gasteiger partial charge is 0.141 e. The molecule has 0 radical (unpaired) electrons. The van der Waals surface area contributed by atoms with Crippen LogP contribution in [-0.4, -0.2) is 19.0 Å². The quantitative estimate of drug-likeness (QED) is 0.754. The zero-order valence-corrected chi connectivity index (χ0v) is 8.72. The van der Waals surface area contributed by atoms with Gasteiger partial charge in [0.15, 0.2) is 0 Å². The fourth-order valence-corrected chi connectivity index (χ4v) is 1.36. The van der Waals surface area contributed by atoms with E-state index in [9.17, 15) is 4.39 Å². The summed E-state index contributed by atoms with van der Waals surface area (Å²) >= 11 is 5.62. The van der Waals surface area contributed by atoms with Gasteiger partial charge in [0.1, 0.15) is 11.9 Å². The van der Waals surface area contributed by atoms with Crippen molar-refractivity contribution in [2.45, 2.75) is 6.04 Å². The van der Waals surface area contributed by atoms with E-state index in [1.54, 1.807) is 25.1 Å². The van der Waals surface area contributed by atoms with Gasteiger partial charge in [0.2, 0.25) is 0 Å². The molecule has 1 rings (SSSR count). The minimum Gasteiger partial charge on any atom is -0.291 e. The fourth-order valence-electron chi connectivity index (χ4n) is 1.17. The van der Waals surface area contributed by atoms with Crippen molar-refractivity contribution in [3.63, 3.8) is 0 Å². The molecule has 0 aromatic heterocycles. The Kier molecular flexibility index (Phi) is 3.45. The van der Waals surface area contributed by atoms with E-state index in [2.05, 4.69) is 6.07 Å². The Morgan fingerprint density at radius 3 is 2.57 bits per heavy atom. The van der Waals surface area contributed by atoms with Crippen molar-refractivity contribution in [2.24, 2.45) is 0 Å². The summed E-state index contributed by atoms with van der Waals surface area (Å²) in [6.45, 7) is 0. The van der Waals surface area contributed by atoms with Crippen LogP contribution in [0.2, 0.25) is 5.02 Å². The first-order valence-corrected chi connectivity index (χ1v) is 4.45. The van der Waals surface area contributed by atoms with E-state index in [-0.39, 0.29) is 5.02 Å². The second-order valence-electron chi connectivity index (χ2n) is 3.17. The Hall–Kier alpha value is -1.11. The third kappa shape index (κ3) is 2.22. The molecule has 0 spiro atoms. The molecule has 0 fully saturated rings. The number of hydrogen-bond acceptors (Lipinski definition) is 2. The third-order valence-electron chi connectivity index (χ3n) is 1.90. The maximum absolute atomic E-state index is 12.8. The van der Waals surface area contributed by atoms with Gasteiger partial charge in [0, 0.05) is 0 Å². The summed E-state index contributed by atoms with van der Waals surface area (Å²) in [5, 5.41) is 8.93. The Bertz CT molecular complexity index is 371. The Balaban J connectivity index is 3.08. The highest BCUT2D eigenvalue weighted by Gasteiger charge is 2.14. The van der Waals surface area contributed by atoms with E-state index in [4.69, 9.17) is 16.9 Å². The summed E-state index contributed by atoms with van der Waals surface area (Å²) in [4.78, 5) is 1.74. The normalized spacial score (nSPS) is 12.6. The van der Waals surface area contributed by atoms with Gasteiger partial charge in [0.25, 0.3) is 0 Å². The predicted molar refractivity (Wildman–Crippen MR) is 53.5 cm³/mol. The summed E-state index contributed by atoms with van der Waals surface area (Å²) < 4.78 is 12.8. The first-order chi connectivity index (χ1) is 6.56. The van der Waals surface area contributed by atoms with Gasteiger partial charge in [-0.2, -0.15) is 5.26 Å². The average Bonchev–Trinajstić information content (AvgIpc) is 2.11. The standard InChI is InChI=1S/C10H10ClFN2/c1-14(2)10(6-13)7-3-4-9(12)8(11)5-7/h3-5,10H,1-2H3. The highest BCUT2D eigenvalue weighted by Crippen LogP contribution is 2.22. The molecule has 0 saturated heterocycles. The molecule has 14 heavy (non-hydrogen) atoms. The number of nitrogens with zero attached hydrogens (tertiary/aromatic N) is 2. The van der Waals surface area contributed by atoms with Gasteiger partial charge in [0.05, 0.1) is 11.1 Å². The molecule has 2 nitrogen and oxygen atoms in total. The summed E-state index contributed by atoms with van der Waals surface area (Å²) in [5.74, 6) is -0.467. The van der Waals surface area contributed by atoms with Crippen LogP contribution in [0.5, 0.6) is 0 Å². The molecule has 0 amide bonds. The van der Waals surface area contributed by atoms with Crippen molar-refractivity contribution in [1.82, 2.24) is 4.90 Å². The molecule has 1 aromatic carbocycles. The van der Waals surface area contributed by atoms with Crippen molar-refractivity contribution in [3.8, 4) is 6.07 Å². The van der Waals surface area contributed by atoms with Crippen molar-refractivity contribution in [1.29, 1.82) is 5.26 Å². The molecule has 0 aliphatic carbocycles. The van der Waals surface area contributed by atoms with Gasteiger partial charge in [-0.15, -0.1) is 0 Å². The maximum atomic E-state index is 12.8. The Labute approximate surface area is 87.5 Å². The lowest BCUT2D eigenvalue weighted by Gasteiger charge is -2.17. The number of rotatable bonds is 2. The summed E-state index contributed by atoms with van der Waals surface area (Å²) in [6.07, 6.45) is 0. The van der Waals surface area contributed by atoms with Crippen LogP contribution in [0.15, 0.2) is 18.2 Å². The van der Waals surface area contributed by atoms with Gasteiger partial charge in [-0.25, -0.2) is 4.39 Å². The molecule has 0 bridgehead atoms. The number of halogens is 2. The largest absolute Gasteiger partial charge is 0.291 e. The van der Waals surface area contributed by atoms with E-state index in [0.717, 1.165) is 0 Å². The molecule has 0 aliphatic rings. The maximum Gasteiger partial charge on any atom is 0.141 e. The van der Waals surface area contributed by atoms with Crippen LogP contribution in [0.3, 0.4) is 0 Å². The number of hydrogen-bond donors (Lipinski definition) is 0. The predicted octanol–water partition coefficient (Wildman–Crippen LogP) is 2.61. The van der Waals surface area contributed by atoms with Gasteiger partial charge in [-0.05, 0) is 31.8 Å². The topological polar surface area (TPSA) is 27.0 Å². The SMILES string of the molecule is CN(C)C(C#N)c1ccc(F)c(Cl)c1. The molecule has 1 unspecified atom stereocenters. The monoisotopic (exact) mass is 212 g/mol. The van der Waals surface area contributed by atoms with E-state index in [1.807, 2.05) is 0 Å². The molecule has 74 valence electrons.